The Morgan fingerprint density at radius 1 is 1.03 bits per heavy atom. The first-order valence-electron chi connectivity index (χ1n) is 11.5. The van der Waals surface area contributed by atoms with Gasteiger partial charge in [0.15, 0.2) is 6.10 Å². The van der Waals surface area contributed by atoms with Gasteiger partial charge in [0.1, 0.15) is 11.5 Å². The second-order valence-electron chi connectivity index (χ2n) is 8.01. The number of anilines is 1. The number of carboxylic acids is 1. The fourth-order valence-electron chi connectivity index (χ4n) is 3.72. The van der Waals surface area contributed by atoms with Gasteiger partial charge >= 0.3 is 5.97 Å². The van der Waals surface area contributed by atoms with Crippen LogP contribution in [0.4, 0.5) is 5.95 Å². The number of imidazole rings is 1. The van der Waals surface area contributed by atoms with E-state index in [1.807, 2.05) is 72.8 Å². The first kappa shape index (κ1) is 23.2. The van der Waals surface area contributed by atoms with E-state index in [0.29, 0.717) is 25.3 Å². The third-order valence-corrected chi connectivity index (χ3v) is 5.46. The highest BCUT2D eigenvalue weighted by atomic mass is 16.5. The van der Waals surface area contributed by atoms with Crippen molar-refractivity contribution >= 4 is 23.0 Å². The van der Waals surface area contributed by atoms with Gasteiger partial charge in [0, 0.05) is 13.1 Å². The smallest absolute Gasteiger partial charge is 0.344 e. The number of hydrogen-bond donors (Lipinski definition) is 2. The first-order chi connectivity index (χ1) is 16.6. The van der Waals surface area contributed by atoms with Gasteiger partial charge < -0.3 is 24.5 Å². The van der Waals surface area contributed by atoms with Gasteiger partial charge in [-0.2, -0.15) is 0 Å². The highest BCUT2D eigenvalue weighted by Gasteiger charge is 2.17. The maximum absolute atomic E-state index is 11.4. The van der Waals surface area contributed by atoms with Crippen LogP contribution in [0.15, 0.2) is 78.9 Å². The number of benzene rings is 3. The Labute approximate surface area is 199 Å². The summed E-state index contributed by atoms with van der Waals surface area (Å²) in [6, 6.07) is 25.3. The lowest BCUT2D eigenvalue weighted by Gasteiger charge is -2.23. The molecule has 1 unspecified atom stereocenters. The number of aromatic amines is 1. The van der Waals surface area contributed by atoms with E-state index in [-0.39, 0.29) is 0 Å². The lowest BCUT2D eigenvalue weighted by atomic mass is 10.2. The van der Waals surface area contributed by atoms with E-state index in [9.17, 15) is 9.90 Å². The SMILES string of the molecule is CCC(Oc1cccc(CN(CCCOc2ccccc2)c2nc3ccccc3[nH]2)c1)C(=O)O. The van der Waals surface area contributed by atoms with Gasteiger partial charge in [-0.05, 0) is 54.8 Å². The summed E-state index contributed by atoms with van der Waals surface area (Å²) in [7, 11) is 0. The number of rotatable bonds is 12. The number of carboxylic acid groups (broad SMARTS) is 1. The average molecular weight is 460 g/mol. The molecular weight excluding hydrogens is 430 g/mol. The summed E-state index contributed by atoms with van der Waals surface area (Å²) in [5.41, 5.74) is 2.89. The molecule has 4 rings (SSSR count). The molecule has 0 radical (unpaired) electrons. The van der Waals surface area contributed by atoms with Gasteiger partial charge in [-0.1, -0.05) is 49.4 Å². The van der Waals surface area contributed by atoms with E-state index in [4.69, 9.17) is 14.5 Å². The highest BCUT2D eigenvalue weighted by molar-refractivity contribution is 5.77. The molecule has 2 N–H and O–H groups in total. The van der Waals surface area contributed by atoms with Crippen LogP contribution in [0.2, 0.25) is 0 Å². The third-order valence-electron chi connectivity index (χ3n) is 5.46. The van der Waals surface area contributed by atoms with Crippen LogP contribution < -0.4 is 14.4 Å². The Morgan fingerprint density at radius 2 is 1.79 bits per heavy atom. The molecule has 34 heavy (non-hydrogen) atoms. The van der Waals surface area contributed by atoms with Crippen LogP contribution in [-0.4, -0.2) is 40.3 Å². The van der Waals surface area contributed by atoms with Crippen molar-refractivity contribution < 1.29 is 19.4 Å². The normalized spacial score (nSPS) is 11.8. The molecule has 7 nitrogen and oxygen atoms in total. The summed E-state index contributed by atoms with van der Waals surface area (Å²) in [5, 5.41) is 9.31. The van der Waals surface area contributed by atoms with Gasteiger partial charge in [0.2, 0.25) is 5.95 Å². The molecule has 0 saturated carbocycles. The quantitative estimate of drug-likeness (QED) is 0.280. The predicted molar refractivity (Wildman–Crippen MR) is 132 cm³/mol. The summed E-state index contributed by atoms with van der Waals surface area (Å²) in [6.07, 6.45) is 0.336. The Hall–Kier alpha value is -4.00. The molecule has 0 fully saturated rings. The van der Waals surface area contributed by atoms with E-state index in [1.54, 1.807) is 13.0 Å². The van der Waals surface area contributed by atoms with Crippen molar-refractivity contribution in [2.45, 2.75) is 32.4 Å². The fourth-order valence-corrected chi connectivity index (χ4v) is 3.72. The van der Waals surface area contributed by atoms with E-state index < -0.39 is 12.1 Å². The standard InChI is InChI=1S/C27H29N3O4/c1-2-25(26(31)32)34-22-13-8-10-20(18-22)19-30(16-9-17-33-21-11-4-3-5-12-21)27-28-23-14-6-7-15-24(23)29-27/h3-8,10-15,18,25H,2,9,16-17,19H2,1H3,(H,28,29)(H,31,32). The molecule has 4 aromatic rings. The second kappa shape index (κ2) is 11.2. The number of nitrogens with one attached hydrogen (secondary N) is 1. The van der Waals surface area contributed by atoms with Crippen molar-refractivity contribution in [2.24, 2.45) is 0 Å². The molecule has 176 valence electrons. The molecule has 1 atom stereocenters. The van der Waals surface area contributed by atoms with Crippen LogP contribution in [0.3, 0.4) is 0 Å². The van der Waals surface area contributed by atoms with Crippen LogP contribution in [0.25, 0.3) is 11.0 Å². The van der Waals surface area contributed by atoms with Crippen LogP contribution >= 0.6 is 0 Å². The molecule has 1 aromatic heterocycles. The van der Waals surface area contributed by atoms with E-state index in [2.05, 4.69) is 9.88 Å². The Morgan fingerprint density at radius 3 is 2.56 bits per heavy atom. The predicted octanol–water partition coefficient (Wildman–Crippen LogP) is 5.28. The molecule has 0 aliphatic rings. The maximum atomic E-state index is 11.4. The zero-order valence-corrected chi connectivity index (χ0v) is 19.2. The minimum absolute atomic E-state index is 0.395. The molecular formula is C27H29N3O4. The van der Waals surface area contributed by atoms with Crippen LogP contribution in [0, 0.1) is 0 Å². The van der Waals surface area contributed by atoms with E-state index in [0.717, 1.165) is 41.3 Å². The molecule has 3 aromatic carbocycles. The van der Waals surface area contributed by atoms with Crippen molar-refractivity contribution in [3.05, 3.63) is 84.4 Å². The summed E-state index contributed by atoms with van der Waals surface area (Å²) in [5.74, 6) is 1.22. The van der Waals surface area contributed by atoms with Gasteiger partial charge in [0.25, 0.3) is 0 Å². The Kier molecular flexibility index (Phi) is 7.65. The molecule has 0 saturated heterocycles. The number of carbonyl (C=O) groups is 1. The maximum Gasteiger partial charge on any atom is 0.344 e. The van der Waals surface area contributed by atoms with E-state index in [1.165, 1.54) is 0 Å². The number of aromatic nitrogens is 2. The third kappa shape index (κ3) is 6.07. The summed E-state index contributed by atoms with van der Waals surface area (Å²) >= 11 is 0. The number of nitrogens with zero attached hydrogens (tertiary/aromatic N) is 2. The highest BCUT2D eigenvalue weighted by Crippen LogP contribution is 2.22. The number of aliphatic carboxylic acids is 1. The molecule has 0 bridgehead atoms. The molecule has 7 heteroatoms. The fraction of sp³-hybridized carbons (Fsp3) is 0.259. The average Bonchev–Trinajstić information content (AvgIpc) is 3.29. The van der Waals surface area contributed by atoms with Gasteiger partial charge in [-0.15, -0.1) is 0 Å². The van der Waals surface area contributed by atoms with Crippen LogP contribution in [0.1, 0.15) is 25.3 Å². The number of H-pyrrole nitrogens is 1. The van der Waals surface area contributed by atoms with Gasteiger partial charge in [-0.25, -0.2) is 9.78 Å². The van der Waals surface area contributed by atoms with Crippen molar-refractivity contribution in [3.8, 4) is 11.5 Å². The molecule has 0 spiro atoms. The van der Waals surface area contributed by atoms with Gasteiger partial charge in [0.05, 0.1) is 17.6 Å². The molecule has 1 heterocycles. The topological polar surface area (TPSA) is 87.7 Å². The largest absolute Gasteiger partial charge is 0.494 e. The van der Waals surface area contributed by atoms with Crippen molar-refractivity contribution in [3.63, 3.8) is 0 Å². The number of hydrogen-bond acceptors (Lipinski definition) is 5. The van der Waals surface area contributed by atoms with Crippen molar-refractivity contribution in [2.75, 3.05) is 18.1 Å². The Balaban J connectivity index is 1.48. The monoisotopic (exact) mass is 459 g/mol. The van der Waals surface area contributed by atoms with Crippen molar-refractivity contribution in [1.29, 1.82) is 0 Å². The van der Waals surface area contributed by atoms with Crippen LogP contribution in [0.5, 0.6) is 11.5 Å². The minimum Gasteiger partial charge on any atom is -0.494 e. The second-order valence-corrected chi connectivity index (χ2v) is 8.01. The zero-order chi connectivity index (χ0) is 23.8. The Bertz CT molecular complexity index is 1180. The van der Waals surface area contributed by atoms with Crippen molar-refractivity contribution in [1.82, 2.24) is 9.97 Å². The van der Waals surface area contributed by atoms with Crippen LogP contribution in [-0.2, 0) is 11.3 Å². The summed E-state index contributed by atoms with van der Waals surface area (Å²) < 4.78 is 11.6. The van der Waals surface area contributed by atoms with E-state index >= 15 is 0 Å². The molecule has 0 aliphatic carbocycles. The van der Waals surface area contributed by atoms with Gasteiger partial charge in [-0.3, -0.25) is 0 Å². The number of para-hydroxylation sites is 3. The summed E-state index contributed by atoms with van der Waals surface area (Å²) in [4.78, 5) is 21.7. The first-order valence-corrected chi connectivity index (χ1v) is 11.5. The lowest BCUT2D eigenvalue weighted by molar-refractivity contribution is -0.145. The zero-order valence-electron chi connectivity index (χ0n) is 19.2. The number of fused-ring (bicyclic) bond motifs is 1. The molecule has 0 amide bonds. The molecule has 0 aliphatic heterocycles. The minimum atomic E-state index is -0.963. The lowest BCUT2D eigenvalue weighted by Crippen LogP contribution is -2.27. The number of ether oxygens (including phenoxy) is 2. The summed E-state index contributed by atoms with van der Waals surface area (Å²) in [6.45, 7) is 3.70.